The van der Waals surface area contributed by atoms with E-state index in [0.717, 1.165) is 0 Å². The monoisotopic (exact) mass is 323 g/mol. The molecule has 0 aliphatic rings. The van der Waals surface area contributed by atoms with Crippen molar-refractivity contribution in [3.05, 3.63) is 52.3 Å². The van der Waals surface area contributed by atoms with Gasteiger partial charge in [-0.2, -0.15) is 4.68 Å². The quantitative estimate of drug-likeness (QED) is 0.734. The summed E-state index contributed by atoms with van der Waals surface area (Å²) in [7, 11) is 0. The summed E-state index contributed by atoms with van der Waals surface area (Å²) in [4.78, 5) is 0. The third-order valence-corrected chi connectivity index (χ3v) is 3.63. The fraction of sp³-hybridized carbons (Fsp3) is 0. The third kappa shape index (κ3) is 2.55. The number of rotatable bonds is 2. The van der Waals surface area contributed by atoms with Gasteiger partial charge in [0.25, 0.3) is 0 Å². The second-order valence-electron chi connectivity index (χ2n) is 4.25. The second kappa shape index (κ2) is 5.31. The number of nitrogens with two attached hydrogens (primary N) is 1. The van der Waals surface area contributed by atoms with Crippen molar-refractivity contribution < 1.29 is 4.39 Å². The minimum atomic E-state index is -0.349. The first kappa shape index (κ1) is 13.8. The molecule has 1 heterocycles. The van der Waals surface area contributed by atoms with Crippen LogP contribution in [-0.2, 0) is 0 Å². The summed E-state index contributed by atoms with van der Waals surface area (Å²) in [6.07, 6.45) is 0. The first-order chi connectivity index (χ1) is 10.1. The number of halogens is 3. The van der Waals surface area contributed by atoms with Gasteiger partial charge in [0.05, 0.1) is 15.7 Å². The number of aromatic nitrogens is 4. The summed E-state index contributed by atoms with van der Waals surface area (Å²) >= 11 is 12.2. The van der Waals surface area contributed by atoms with Crippen molar-refractivity contribution in [1.29, 1.82) is 0 Å². The normalized spacial score (nSPS) is 10.8. The molecule has 8 heteroatoms. The number of hydrogen-bond donors (Lipinski definition) is 1. The minimum absolute atomic E-state index is 0.295. The van der Waals surface area contributed by atoms with Crippen LogP contribution in [0.25, 0.3) is 17.1 Å². The van der Waals surface area contributed by atoms with Gasteiger partial charge in [-0.05, 0) is 46.8 Å². The molecule has 0 bridgehead atoms. The van der Waals surface area contributed by atoms with E-state index < -0.39 is 0 Å². The van der Waals surface area contributed by atoms with Gasteiger partial charge in [-0.3, -0.25) is 0 Å². The van der Waals surface area contributed by atoms with E-state index in [1.165, 1.54) is 16.8 Å². The topological polar surface area (TPSA) is 69.6 Å². The summed E-state index contributed by atoms with van der Waals surface area (Å²) in [6, 6.07) is 8.90. The highest BCUT2D eigenvalue weighted by Crippen LogP contribution is 2.35. The third-order valence-electron chi connectivity index (χ3n) is 2.83. The smallest absolute Gasteiger partial charge is 0.188 e. The molecule has 0 saturated carbocycles. The van der Waals surface area contributed by atoms with E-state index in [0.29, 0.717) is 32.8 Å². The van der Waals surface area contributed by atoms with Crippen LogP contribution < -0.4 is 5.73 Å². The molecule has 0 aliphatic carbocycles. The molecule has 0 radical (unpaired) electrons. The van der Waals surface area contributed by atoms with Crippen molar-refractivity contribution in [2.45, 2.75) is 0 Å². The van der Waals surface area contributed by atoms with E-state index in [1.807, 2.05) is 0 Å². The molecular weight excluding hydrogens is 316 g/mol. The van der Waals surface area contributed by atoms with Gasteiger partial charge in [-0.15, -0.1) is 5.10 Å². The van der Waals surface area contributed by atoms with Crippen LogP contribution in [-0.4, -0.2) is 20.2 Å². The first-order valence-corrected chi connectivity index (χ1v) is 6.61. The molecule has 0 spiro atoms. The standard InChI is InChI=1S/C13H8Cl2FN5/c14-11-6-8(17)5-10(12(11)15)13-18-19-20-21(13)9-3-1-7(16)2-4-9/h1-6H,17H2. The number of hydrogen-bond acceptors (Lipinski definition) is 4. The van der Waals surface area contributed by atoms with Gasteiger partial charge in [0.15, 0.2) is 5.82 Å². The van der Waals surface area contributed by atoms with Crippen molar-refractivity contribution in [3.8, 4) is 17.1 Å². The lowest BCUT2D eigenvalue weighted by Crippen LogP contribution is -2.01. The van der Waals surface area contributed by atoms with E-state index in [9.17, 15) is 4.39 Å². The molecule has 3 rings (SSSR count). The number of benzene rings is 2. The fourth-order valence-electron chi connectivity index (χ4n) is 1.88. The fourth-order valence-corrected chi connectivity index (χ4v) is 2.31. The van der Waals surface area contributed by atoms with Gasteiger partial charge in [-0.1, -0.05) is 23.2 Å². The van der Waals surface area contributed by atoms with E-state index in [4.69, 9.17) is 28.9 Å². The van der Waals surface area contributed by atoms with Crippen LogP contribution in [0, 0.1) is 5.82 Å². The van der Waals surface area contributed by atoms with Gasteiger partial charge in [0.2, 0.25) is 0 Å². The van der Waals surface area contributed by atoms with E-state index in [-0.39, 0.29) is 5.82 Å². The Morgan fingerprint density at radius 2 is 1.81 bits per heavy atom. The molecule has 21 heavy (non-hydrogen) atoms. The Bertz CT molecular complexity index is 801. The van der Waals surface area contributed by atoms with Crippen molar-refractivity contribution in [1.82, 2.24) is 20.2 Å². The summed E-state index contributed by atoms with van der Waals surface area (Å²) < 4.78 is 14.4. The molecule has 0 aliphatic heterocycles. The van der Waals surface area contributed by atoms with Crippen molar-refractivity contribution in [2.24, 2.45) is 0 Å². The molecule has 0 saturated heterocycles. The minimum Gasteiger partial charge on any atom is -0.399 e. The van der Waals surface area contributed by atoms with Crippen LogP contribution in [0.15, 0.2) is 36.4 Å². The predicted octanol–water partition coefficient (Wildman–Crippen LogP) is 3.36. The lowest BCUT2D eigenvalue weighted by molar-refractivity contribution is 0.627. The van der Waals surface area contributed by atoms with Crippen LogP contribution in [0.3, 0.4) is 0 Å². The van der Waals surface area contributed by atoms with Gasteiger partial charge < -0.3 is 5.73 Å². The molecule has 5 nitrogen and oxygen atoms in total. The SMILES string of the molecule is Nc1cc(Cl)c(Cl)c(-c2nnnn2-c2ccc(F)cc2)c1. The lowest BCUT2D eigenvalue weighted by atomic mass is 10.2. The van der Waals surface area contributed by atoms with Crippen LogP contribution in [0.2, 0.25) is 10.0 Å². The van der Waals surface area contributed by atoms with Crippen LogP contribution in [0.5, 0.6) is 0 Å². The zero-order valence-electron chi connectivity index (χ0n) is 10.5. The maximum absolute atomic E-state index is 13.0. The number of nitrogens with zero attached hydrogens (tertiary/aromatic N) is 4. The molecule has 0 atom stereocenters. The summed E-state index contributed by atoms with van der Waals surface area (Å²) in [5.41, 5.74) is 7.30. The zero-order valence-corrected chi connectivity index (χ0v) is 12.0. The molecular formula is C13H8Cl2FN5. The summed E-state index contributed by atoms with van der Waals surface area (Å²) in [6.45, 7) is 0. The Hall–Kier alpha value is -2.18. The summed E-state index contributed by atoms with van der Waals surface area (Å²) in [5, 5.41) is 12.0. The van der Waals surface area contributed by atoms with E-state index in [2.05, 4.69) is 15.5 Å². The highest BCUT2D eigenvalue weighted by atomic mass is 35.5. The van der Waals surface area contributed by atoms with E-state index >= 15 is 0 Å². The molecule has 0 unspecified atom stereocenters. The average molecular weight is 324 g/mol. The highest BCUT2D eigenvalue weighted by molar-refractivity contribution is 6.43. The maximum Gasteiger partial charge on any atom is 0.188 e. The highest BCUT2D eigenvalue weighted by Gasteiger charge is 2.16. The summed E-state index contributed by atoms with van der Waals surface area (Å²) in [5.74, 6) is 0.0132. The van der Waals surface area contributed by atoms with Gasteiger partial charge in [0, 0.05) is 11.3 Å². The van der Waals surface area contributed by atoms with Crippen molar-refractivity contribution >= 4 is 28.9 Å². The molecule has 2 N–H and O–H groups in total. The average Bonchev–Trinajstić information content (AvgIpc) is 2.93. The predicted molar refractivity (Wildman–Crippen MR) is 79.0 cm³/mol. The van der Waals surface area contributed by atoms with Crippen LogP contribution >= 0.6 is 23.2 Å². The Kier molecular flexibility index (Phi) is 3.48. The Labute approximate surface area is 129 Å². The Balaban J connectivity index is 2.18. The van der Waals surface area contributed by atoms with Crippen molar-refractivity contribution in [3.63, 3.8) is 0 Å². The van der Waals surface area contributed by atoms with Crippen LogP contribution in [0.4, 0.5) is 10.1 Å². The Morgan fingerprint density at radius 3 is 2.52 bits per heavy atom. The van der Waals surface area contributed by atoms with Gasteiger partial charge in [0.1, 0.15) is 5.82 Å². The van der Waals surface area contributed by atoms with Gasteiger partial charge >= 0.3 is 0 Å². The Morgan fingerprint density at radius 1 is 1.10 bits per heavy atom. The largest absolute Gasteiger partial charge is 0.399 e. The zero-order chi connectivity index (χ0) is 15.0. The maximum atomic E-state index is 13.0. The molecule has 3 aromatic rings. The number of tetrazole rings is 1. The molecule has 0 fully saturated rings. The molecule has 2 aromatic carbocycles. The molecule has 106 valence electrons. The lowest BCUT2D eigenvalue weighted by Gasteiger charge is -2.08. The first-order valence-electron chi connectivity index (χ1n) is 5.85. The van der Waals surface area contributed by atoms with E-state index in [1.54, 1.807) is 24.3 Å². The van der Waals surface area contributed by atoms with Crippen LogP contribution in [0.1, 0.15) is 0 Å². The number of nitrogen functional groups attached to an aromatic ring is 1. The molecule has 1 aromatic heterocycles. The second-order valence-corrected chi connectivity index (χ2v) is 5.04. The van der Waals surface area contributed by atoms with Gasteiger partial charge in [-0.25, -0.2) is 4.39 Å². The molecule has 0 amide bonds. The number of anilines is 1. The van der Waals surface area contributed by atoms with Crippen molar-refractivity contribution in [2.75, 3.05) is 5.73 Å².